The maximum Gasteiger partial charge on any atom is 0.282 e. The zero-order valence-corrected chi connectivity index (χ0v) is 15.0. The number of nitrogens with zero attached hydrogens (tertiary/aromatic N) is 3. The van der Waals surface area contributed by atoms with Gasteiger partial charge in [0.25, 0.3) is 5.56 Å². The van der Waals surface area contributed by atoms with Crippen molar-refractivity contribution >= 4 is 56.2 Å². The Kier molecular flexibility index (Phi) is 4.53. The van der Waals surface area contributed by atoms with Crippen LogP contribution < -0.4 is 5.56 Å². The lowest BCUT2D eigenvalue weighted by atomic mass is 10.2. The third-order valence-corrected chi connectivity index (χ3v) is 4.47. The fourth-order valence-corrected chi connectivity index (χ4v) is 2.78. The molecule has 116 valence electrons. The van der Waals surface area contributed by atoms with Gasteiger partial charge in [-0.05, 0) is 42.8 Å². The molecule has 0 atom stereocenters. The van der Waals surface area contributed by atoms with Gasteiger partial charge in [-0.1, -0.05) is 45.2 Å². The van der Waals surface area contributed by atoms with Gasteiger partial charge < -0.3 is 0 Å². The number of hydrogen-bond acceptors (Lipinski definition) is 3. The van der Waals surface area contributed by atoms with Crippen molar-refractivity contribution in [3.05, 3.63) is 72.7 Å². The molecule has 4 nitrogen and oxygen atoms in total. The van der Waals surface area contributed by atoms with Crippen molar-refractivity contribution in [2.24, 2.45) is 5.10 Å². The smallest absolute Gasteiger partial charge is 0.267 e. The van der Waals surface area contributed by atoms with E-state index in [0.717, 1.165) is 10.0 Å². The van der Waals surface area contributed by atoms with Crippen molar-refractivity contribution in [2.75, 3.05) is 0 Å². The number of halogens is 3. The molecule has 7 heteroatoms. The van der Waals surface area contributed by atoms with Crippen LogP contribution in [0.15, 0.2) is 50.8 Å². The lowest BCUT2D eigenvalue weighted by Crippen LogP contribution is -2.20. The van der Waals surface area contributed by atoms with Gasteiger partial charge in [-0.15, -0.1) is 0 Å². The van der Waals surface area contributed by atoms with E-state index in [1.165, 1.54) is 4.68 Å². The minimum atomic E-state index is -0.231. The van der Waals surface area contributed by atoms with Gasteiger partial charge in [0, 0.05) is 4.47 Å². The minimum Gasteiger partial charge on any atom is -0.267 e. The molecule has 0 aliphatic rings. The molecule has 1 heterocycles. The molecule has 0 saturated carbocycles. The summed E-state index contributed by atoms with van der Waals surface area (Å²) in [6.07, 6.45) is 1.54. The topological polar surface area (TPSA) is 47.2 Å². The summed E-state index contributed by atoms with van der Waals surface area (Å²) in [4.78, 5) is 17.0. The SMILES string of the molecule is Cc1nc2ccc(Br)cc2c(=O)n1N=Cc1ccc(Cl)c(Cl)c1. The third kappa shape index (κ3) is 3.32. The first-order valence-electron chi connectivity index (χ1n) is 6.64. The van der Waals surface area contributed by atoms with E-state index in [-0.39, 0.29) is 5.56 Å². The van der Waals surface area contributed by atoms with Crippen LogP contribution in [0.4, 0.5) is 0 Å². The highest BCUT2D eigenvalue weighted by atomic mass is 79.9. The maximum absolute atomic E-state index is 12.6. The van der Waals surface area contributed by atoms with E-state index in [1.807, 2.05) is 6.07 Å². The van der Waals surface area contributed by atoms with Gasteiger partial charge >= 0.3 is 0 Å². The molecule has 0 radical (unpaired) electrons. The van der Waals surface area contributed by atoms with Crippen LogP contribution >= 0.6 is 39.1 Å². The summed E-state index contributed by atoms with van der Waals surface area (Å²) in [5, 5.41) is 5.62. The summed E-state index contributed by atoms with van der Waals surface area (Å²) in [5.41, 5.74) is 1.14. The average molecular weight is 411 g/mol. The zero-order valence-electron chi connectivity index (χ0n) is 11.9. The lowest BCUT2D eigenvalue weighted by molar-refractivity contribution is 0.771. The Bertz CT molecular complexity index is 999. The molecular formula is C16H10BrCl2N3O. The second-order valence-electron chi connectivity index (χ2n) is 4.86. The molecule has 0 fully saturated rings. The van der Waals surface area contributed by atoms with Crippen LogP contribution in [-0.2, 0) is 0 Å². The molecule has 3 aromatic rings. The maximum atomic E-state index is 12.6. The van der Waals surface area contributed by atoms with Gasteiger partial charge in [-0.2, -0.15) is 9.78 Å². The number of benzene rings is 2. The van der Waals surface area contributed by atoms with Gasteiger partial charge in [0.2, 0.25) is 0 Å². The van der Waals surface area contributed by atoms with Crippen LogP contribution in [0.25, 0.3) is 10.9 Å². The first-order valence-corrected chi connectivity index (χ1v) is 8.19. The Morgan fingerprint density at radius 1 is 1.17 bits per heavy atom. The van der Waals surface area contributed by atoms with E-state index in [1.54, 1.807) is 43.5 Å². The quantitative estimate of drug-likeness (QED) is 0.577. The standard InChI is InChI=1S/C16H10BrCl2N3O/c1-9-21-15-5-3-11(17)7-12(15)16(23)22(9)20-8-10-2-4-13(18)14(19)6-10/h2-8H,1H3. The Morgan fingerprint density at radius 3 is 2.70 bits per heavy atom. The normalized spacial score (nSPS) is 11.5. The Hall–Kier alpha value is -1.69. The number of hydrogen-bond donors (Lipinski definition) is 0. The van der Waals surface area contributed by atoms with Crippen LogP contribution in [-0.4, -0.2) is 15.9 Å². The van der Waals surface area contributed by atoms with E-state index < -0.39 is 0 Å². The average Bonchev–Trinajstić information content (AvgIpc) is 2.51. The largest absolute Gasteiger partial charge is 0.282 e. The second-order valence-corrected chi connectivity index (χ2v) is 6.59. The third-order valence-electron chi connectivity index (χ3n) is 3.24. The molecule has 23 heavy (non-hydrogen) atoms. The van der Waals surface area contributed by atoms with Crippen LogP contribution in [0.3, 0.4) is 0 Å². The first-order chi connectivity index (χ1) is 11.0. The summed E-state index contributed by atoms with van der Waals surface area (Å²) in [5.74, 6) is 0.501. The van der Waals surface area contributed by atoms with E-state index in [0.29, 0.717) is 26.8 Å². The van der Waals surface area contributed by atoms with Crippen molar-refractivity contribution in [1.82, 2.24) is 9.66 Å². The number of rotatable bonds is 2. The van der Waals surface area contributed by atoms with Crippen molar-refractivity contribution in [3.63, 3.8) is 0 Å². The van der Waals surface area contributed by atoms with Crippen molar-refractivity contribution in [2.45, 2.75) is 6.92 Å². The van der Waals surface area contributed by atoms with Gasteiger partial charge in [-0.3, -0.25) is 4.79 Å². The molecule has 0 unspecified atom stereocenters. The molecule has 1 aromatic heterocycles. The van der Waals surface area contributed by atoms with E-state index in [9.17, 15) is 4.79 Å². The van der Waals surface area contributed by atoms with E-state index in [4.69, 9.17) is 23.2 Å². The molecule has 0 spiro atoms. The number of aryl methyl sites for hydroxylation is 1. The van der Waals surface area contributed by atoms with E-state index >= 15 is 0 Å². The fraction of sp³-hybridized carbons (Fsp3) is 0.0625. The fourth-order valence-electron chi connectivity index (χ4n) is 2.11. The highest BCUT2D eigenvalue weighted by molar-refractivity contribution is 9.10. The van der Waals surface area contributed by atoms with Gasteiger partial charge in [0.15, 0.2) is 0 Å². The van der Waals surface area contributed by atoms with Crippen LogP contribution in [0.1, 0.15) is 11.4 Å². The molecule has 2 aromatic carbocycles. The second kappa shape index (κ2) is 6.43. The summed E-state index contributed by atoms with van der Waals surface area (Å²) >= 11 is 15.2. The number of aromatic nitrogens is 2. The molecule has 0 bridgehead atoms. The zero-order chi connectivity index (χ0) is 16.6. The molecule has 0 aliphatic carbocycles. The minimum absolute atomic E-state index is 0.231. The highest BCUT2D eigenvalue weighted by Gasteiger charge is 2.07. The van der Waals surface area contributed by atoms with Crippen LogP contribution in [0.5, 0.6) is 0 Å². The van der Waals surface area contributed by atoms with E-state index in [2.05, 4.69) is 26.0 Å². The Labute approximate surface area is 150 Å². The first kappa shape index (κ1) is 16.2. The van der Waals surface area contributed by atoms with Crippen LogP contribution in [0.2, 0.25) is 10.0 Å². The lowest BCUT2D eigenvalue weighted by Gasteiger charge is -2.05. The Balaban J connectivity index is 2.10. The van der Waals surface area contributed by atoms with Gasteiger partial charge in [0.05, 0.1) is 27.2 Å². The van der Waals surface area contributed by atoms with Crippen molar-refractivity contribution < 1.29 is 0 Å². The van der Waals surface area contributed by atoms with Gasteiger partial charge in [-0.25, -0.2) is 4.98 Å². The van der Waals surface area contributed by atoms with Crippen LogP contribution in [0, 0.1) is 6.92 Å². The summed E-state index contributed by atoms with van der Waals surface area (Å²) < 4.78 is 2.07. The predicted molar refractivity (Wildman–Crippen MR) is 97.9 cm³/mol. The molecule has 3 rings (SSSR count). The summed E-state index contributed by atoms with van der Waals surface area (Å²) in [6, 6.07) is 10.5. The molecule has 0 amide bonds. The van der Waals surface area contributed by atoms with Crippen molar-refractivity contribution in [1.29, 1.82) is 0 Å². The van der Waals surface area contributed by atoms with Gasteiger partial charge in [0.1, 0.15) is 5.82 Å². The summed E-state index contributed by atoms with van der Waals surface area (Å²) in [6.45, 7) is 1.73. The monoisotopic (exact) mass is 409 g/mol. The molecule has 0 saturated heterocycles. The number of fused-ring (bicyclic) bond motifs is 1. The molecule has 0 N–H and O–H groups in total. The predicted octanol–water partition coefficient (Wildman–Crippen LogP) is 4.66. The highest BCUT2D eigenvalue weighted by Crippen LogP contribution is 2.22. The molecule has 0 aliphatic heterocycles. The summed E-state index contributed by atoms with van der Waals surface area (Å²) in [7, 11) is 0. The molecular weight excluding hydrogens is 401 g/mol. The Morgan fingerprint density at radius 2 is 1.96 bits per heavy atom. The van der Waals surface area contributed by atoms with Crippen molar-refractivity contribution in [3.8, 4) is 0 Å².